The third-order valence-electron chi connectivity index (χ3n) is 3.32. The number of aromatic nitrogens is 3. The van der Waals surface area contributed by atoms with Crippen molar-refractivity contribution in [1.82, 2.24) is 19.9 Å². The molecule has 0 unspecified atom stereocenters. The highest BCUT2D eigenvalue weighted by Gasteiger charge is 2.14. The molecule has 2 aromatic heterocycles. The van der Waals surface area contributed by atoms with Crippen LogP contribution in [0.5, 0.6) is 0 Å². The molecule has 1 atom stereocenters. The van der Waals surface area contributed by atoms with Crippen molar-refractivity contribution in [1.29, 1.82) is 0 Å². The Kier molecular flexibility index (Phi) is 3.52. The molecular weight excluding hydrogens is 228 g/mol. The van der Waals surface area contributed by atoms with Gasteiger partial charge < -0.3 is 10.1 Å². The highest BCUT2D eigenvalue weighted by atomic mass is 16.5. The van der Waals surface area contributed by atoms with Crippen molar-refractivity contribution < 1.29 is 4.74 Å². The van der Waals surface area contributed by atoms with Crippen LogP contribution in [0.3, 0.4) is 0 Å². The monoisotopic (exact) mass is 246 g/mol. The lowest BCUT2D eigenvalue weighted by atomic mass is 10.2. The predicted octanol–water partition coefficient (Wildman–Crippen LogP) is 1.04. The summed E-state index contributed by atoms with van der Waals surface area (Å²) >= 11 is 0. The van der Waals surface area contributed by atoms with Gasteiger partial charge in [-0.1, -0.05) is 6.07 Å². The van der Waals surface area contributed by atoms with Gasteiger partial charge in [-0.3, -0.25) is 4.40 Å². The fourth-order valence-electron chi connectivity index (χ4n) is 2.31. The maximum Gasteiger partial charge on any atom is 0.160 e. The molecule has 1 fully saturated rings. The second-order valence-electron chi connectivity index (χ2n) is 4.66. The van der Waals surface area contributed by atoms with Crippen molar-refractivity contribution in [2.24, 2.45) is 0 Å². The first kappa shape index (κ1) is 11.6. The maximum atomic E-state index is 5.33. The van der Waals surface area contributed by atoms with E-state index in [1.807, 2.05) is 24.4 Å². The van der Waals surface area contributed by atoms with Crippen molar-refractivity contribution in [3.63, 3.8) is 0 Å². The van der Waals surface area contributed by atoms with Crippen LogP contribution in [0.1, 0.15) is 18.7 Å². The van der Waals surface area contributed by atoms with Crippen molar-refractivity contribution in [2.45, 2.75) is 25.3 Å². The summed E-state index contributed by atoms with van der Waals surface area (Å²) in [5.41, 5.74) is 0.921. The first-order valence-electron chi connectivity index (χ1n) is 6.53. The number of nitrogens with zero attached hydrogens (tertiary/aromatic N) is 3. The van der Waals surface area contributed by atoms with Gasteiger partial charge in [-0.15, -0.1) is 10.2 Å². The SMILES string of the molecule is c1ccn2c(CCCN[C@H]3CCOC3)nnc2c1. The average molecular weight is 246 g/mol. The second-order valence-corrected chi connectivity index (χ2v) is 4.66. The molecule has 18 heavy (non-hydrogen) atoms. The Balaban J connectivity index is 1.50. The quantitative estimate of drug-likeness (QED) is 0.801. The summed E-state index contributed by atoms with van der Waals surface area (Å²) in [4.78, 5) is 0. The lowest BCUT2D eigenvalue weighted by molar-refractivity contribution is 0.190. The molecule has 3 rings (SSSR count). The topological polar surface area (TPSA) is 51.5 Å². The third-order valence-corrected chi connectivity index (χ3v) is 3.32. The first-order valence-corrected chi connectivity index (χ1v) is 6.53. The Morgan fingerprint density at radius 2 is 2.39 bits per heavy atom. The largest absolute Gasteiger partial charge is 0.380 e. The standard InChI is InChI=1S/C13H18N4O/c1-2-8-17-12(4-1)15-16-13(17)5-3-7-14-11-6-9-18-10-11/h1-2,4,8,11,14H,3,5-7,9-10H2/t11-/m0/s1. The van der Waals surface area contributed by atoms with Crippen molar-refractivity contribution in [3.8, 4) is 0 Å². The van der Waals surface area contributed by atoms with E-state index in [0.29, 0.717) is 6.04 Å². The Morgan fingerprint density at radius 3 is 3.28 bits per heavy atom. The summed E-state index contributed by atoms with van der Waals surface area (Å²) < 4.78 is 7.38. The van der Waals surface area contributed by atoms with Crippen LogP contribution in [-0.2, 0) is 11.2 Å². The summed E-state index contributed by atoms with van der Waals surface area (Å²) in [6.07, 6.45) is 5.18. The van der Waals surface area contributed by atoms with Crippen LogP contribution in [0.25, 0.3) is 5.65 Å². The summed E-state index contributed by atoms with van der Waals surface area (Å²) in [6, 6.07) is 6.51. The molecule has 3 heterocycles. The molecule has 96 valence electrons. The summed E-state index contributed by atoms with van der Waals surface area (Å²) in [5, 5.41) is 11.9. The zero-order chi connectivity index (χ0) is 12.2. The molecule has 2 aromatic rings. The molecule has 1 aliphatic heterocycles. The van der Waals surface area contributed by atoms with E-state index in [-0.39, 0.29) is 0 Å². The highest BCUT2D eigenvalue weighted by Crippen LogP contribution is 2.06. The Morgan fingerprint density at radius 1 is 1.39 bits per heavy atom. The van der Waals surface area contributed by atoms with Crippen LogP contribution < -0.4 is 5.32 Å². The van der Waals surface area contributed by atoms with Crippen LogP contribution in [0.4, 0.5) is 0 Å². The van der Waals surface area contributed by atoms with Gasteiger partial charge in [-0.05, 0) is 31.5 Å². The van der Waals surface area contributed by atoms with E-state index < -0.39 is 0 Å². The minimum Gasteiger partial charge on any atom is -0.380 e. The molecule has 1 aliphatic rings. The maximum absolute atomic E-state index is 5.33. The molecule has 0 aliphatic carbocycles. The predicted molar refractivity (Wildman–Crippen MR) is 68.5 cm³/mol. The van der Waals surface area contributed by atoms with E-state index in [2.05, 4.69) is 19.9 Å². The van der Waals surface area contributed by atoms with Crippen LogP contribution >= 0.6 is 0 Å². The number of nitrogens with one attached hydrogen (secondary N) is 1. The van der Waals surface area contributed by atoms with Gasteiger partial charge in [0.25, 0.3) is 0 Å². The molecule has 5 nitrogen and oxygen atoms in total. The molecule has 0 amide bonds. The van der Waals surface area contributed by atoms with E-state index in [4.69, 9.17) is 4.74 Å². The second kappa shape index (κ2) is 5.46. The Labute approximate surface area is 106 Å². The molecule has 0 radical (unpaired) electrons. The third kappa shape index (κ3) is 2.52. The molecule has 1 N–H and O–H groups in total. The van der Waals surface area contributed by atoms with Crippen LogP contribution in [0.2, 0.25) is 0 Å². The van der Waals surface area contributed by atoms with Crippen molar-refractivity contribution >= 4 is 5.65 Å². The molecule has 5 heteroatoms. The van der Waals surface area contributed by atoms with E-state index in [9.17, 15) is 0 Å². The zero-order valence-electron chi connectivity index (χ0n) is 10.4. The summed E-state index contributed by atoms with van der Waals surface area (Å²) in [6.45, 7) is 2.76. The molecule has 1 saturated heterocycles. The lowest BCUT2D eigenvalue weighted by Gasteiger charge is -2.09. The van der Waals surface area contributed by atoms with Crippen LogP contribution in [-0.4, -0.2) is 40.4 Å². The fourth-order valence-corrected chi connectivity index (χ4v) is 2.31. The van der Waals surface area contributed by atoms with Gasteiger partial charge in [0.15, 0.2) is 5.65 Å². The number of ether oxygens (including phenoxy) is 1. The van der Waals surface area contributed by atoms with Gasteiger partial charge in [0.1, 0.15) is 5.82 Å². The number of pyridine rings is 1. The van der Waals surface area contributed by atoms with Gasteiger partial charge in [0.2, 0.25) is 0 Å². The highest BCUT2D eigenvalue weighted by molar-refractivity contribution is 5.36. The van der Waals surface area contributed by atoms with E-state index in [1.54, 1.807) is 0 Å². The van der Waals surface area contributed by atoms with Gasteiger partial charge in [0, 0.05) is 25.3 Å². The number of hydrogen-bond donors (Lipinski definition) is 1. The Hall–Kier alpha value is -1.46. The van der Waals surface area contributed by atoms with Crippen LogP contribution in [0.15, 0.2) is 24.4 Å². The van der Waals surface area contributed by atoms with E-state index in [0.717, 1.165) is 50.5 Å². The van der Waals surface area contributed by atoms with Gasteiger partial charge in [-0.2, -0.15) is 0 Å². The van der Waals surface area contributed by atoms with Crippen LogP contribution in [0, 0.1) is 0 Å². The first-order chi connectivity index (χ1) is 8.93. The van der Waals surface area contributed by atoms with Gasteiger partial charge in [-0.25, -0.2) is 0 Å². The molecular formula is C13H18N4O. The minimum absolute atomic E-state index is 0.542. The molecule has 0 saturated carbocycles. The van der Waals surface area contributed by atoms with Gasteiger partial charge >= 0.3 is 0 Å². The summed E-state index contributed by atoms with van der Waals surface area (Å²) in [5.74, 6) is 1.04. The zero-order valence-corrected chi connectivity index (χ0v) is 10.4. The number of rotatable bonds is 5. The van der Waals surface area contributed by atoms with Gasteiger partial charge in [0.05, 0.1) is 6.61 Å². The molecule has 0 aromatic carbocycles. The number of hydrogen-bond acceptors (Lipinski definition) is 4. The Bertz CT molecular complexity index is 504. The normalized spacial score (nSPS) is 19.7. The average Bonchev–Trinajstić information content (AvgIpc) is 3.04. The number of aryl methyl sites for hydroxylation is 1. The van der Waals surface area contributed by atoms with E-state index in [1.165, 1.54) is 0 Å². The van der Waals surface area contributed by atoms with E-state index >= 15 is 0 Å². The lowest BCUT2D eigenvalue weighted by Crippen LogP contribution is -2.30. The fraction of sp³-hybridized carbons (Fsp3) is 0.538. The van der Waals surface area contributed by atoms with Crippen molar-refractivity contribution in [3.05, 3.63) is 30.2 Å². The molecule has 0 bridgehead atoms. The van der Waals surface area contributed by atoms with Crippen molar-refractivity contribution in [2.75, 3.05) is 19.8 Å². The molecule has 0 spiro atoms. The number of fused-ring (bicyclic) bond motifs is 1. The minimum atomic E-state index is 0.542. The summed E-state index contributed by atoms with van der Waals surface area (Å²) in [7, 11) is 0. The smallest absolute Gasteiger partial charge is 0.160 e.